The van der Waals surface area contributed by atoms with Gasteiger partial charge in [-0.1, -0.05) is 12.1 Å². The highest BCUT2D eigenvalue weighted by Gasteiger charge is 2.10. The van der Waals surface area contributed by atoms with Crippen LogP contribution in [0.5, 0.6) is 11.6 Å². The lowest BCUT2D eigenvalue weighted by atomic mass is 10.2. The molecule has 20 heavy (non-hydrogen) atoms. The molecule has 0 unspecified atom stereocenters. The molecular weight excluding hydrogens is 286 g/mol. The normalized spacial score (nSPS) is 10.8. The van der Waals surface area contributed by atoms with Crippen LogP contribution in [0.4, 0.5) is 8.78 Å². The van der Waals surface area contributed by atoms with Crippen LogP contribution in [0.2, 0.25) is 5.28 Å². The first-order chi connectivity index (χ1) is 9.61. The van der Waals surface area contributed by atoms with Crippen molar-refractivity contribution in [3.05, 3.63) is 59.4 Å². The highest BCUT2D eigenvalue weighted by molar-refractivity contribution is 6.28. The first-order valence-corrected chi connectivity index (χ1v) is 6.06. The van der Waals surface area contributed by atoms with E-state index < -0.39 is 11.6 Å². The minimum atomic E-state index is -0.732. The summed E-state index contributed by atoms with van der Waals surface area (Å²) < 4.78 is 31.7. The Morgan fingerprint density at radius 1 is 0.950 bits per heavy atom. The maximum absolute atomic E-state index is 13.1. The average Bonchev–Trinajstić information content (AvgIpc) is 2.37. The van der Waals surface area contributed by atoms with Gasteiger partial charge in [-0.25, -0.2) is 13.8 Å². The van der Waals surface area contributed by atoms with Crippen LogP contribution in [0.25, 0.3) is 10.9 Å². The van der Waals surface area contributed by atoms with Gasteiger partial charge in [0.2, 0.25) is 11.2 Å². The molecule has 3 rings (SSSR count). The molecule has 3 nitrogen and oxygen atoms in total. The number of rotatable bonds is 2. The van der Waals surface area contributed by atoms with Gasteiger partial charge < -0.3 is 4.74 Å². The highest BCUT2D eigenvalue weighted by atomic mass is 35.5. The molecule has 1 heterocycles. The predicted molar refractivity (Wildman–Crippen MR) is 71.0 cm³/mol. The van der Waals surface area contributed by atoms with E-state index in [1.807, 2.05) is 0 Å². The summed E-state index contributed by atoms with van der Waals surface area (Å²) in [7, 11) is 0. The van der Waals surface area contributed by atoms with Gasteiger partial charge in [0.15, 0.2) is 0 Å². The third-order valence-corrected chi connectivity index (χ3v) is 2.76. The minimum absolute atomic E-state index is 0.00224. The largest absolute Gasteiger partial charge is 0.438 e. The van der Waals surface area contributed by atoms with Gasteiger partial charge in [0.25, 0.3) is 0 Å². The summed E-state index contributed by atoms with van der Waals surface area (Å²) in [5.74, 6) is -1.32. The van der Waals surface area contributed by atoms with E-state index >= 15 is 0 Å². The summed E-state index contributed by atoms with van der Waals surface area (Å²) >= 11 is 5.80. The van der Waals surface area contributed by atoms with Crippen molar-refractivity contribution >= 4 is 22.5 Å². The zero-order valence-electron chi connectivity index (χ0n) is 9.98. The number of hydrogen-bond donors (Lipinski definition) is 0. The van der Waals surface area contributed by atoms with Gasteiger partial charge in [0, 0.05) is 18.2 Å². The fraction of sp³-hybridized carbons (Fsp3) is 0. The van der Waals surface area contributed by atoms with Crippen LogP contribution >= 0.6 is 11.6 Å². The Hall–Kier alpha value is -2.27. The number of benzene rings is 2. The van der Waals surface area contributed by atoms with E-state index in [4.69, 9.17) is 16.3 Å². The molecule has 0 spiro atoms. The Kier molecular flexibility index (Phi) is 3.20. The fourth-order valence-corrected chi connectivity index (χ4v) is 1.97. The van der Waals surface area contributed by atoms with Crippen LogP contribution < -0.4 is 4.74 Å². The number of nitrogens with zero attached hydrogens (tertiary/aromatic N) is 2. The molecule has 2 aromatic carbocycles. The SMILES string of the molecule is Fc1cc(F)cc(Oc2nc(Cl)nc3ccccc23)c1. The quantitative estimate of drug-likeness (QED) is 0.659. The van der Waals surface area contributed by atoms with Crippen molar-refractivity contribution < 1.29 is 13.5 Å². The van der Waals surface area contributed by atoms with Crippen molar-refractivity contribution in [3.63, 3.8) is 0 Å². The van der Waals surface area contributed by atoms with E-state index in [1.165, 1.54) is 0 Å². The summed E-state index contributed by atoms with van der Waals surface area (Å²) in [4.78, 5) is 7.98. The third kappa shape index (κ3) is 2.53. The summed E-state index contributed by atoms with van der Waals surface area (Å²) in [6.45, 7) is 0. The monoisotopic (exact) mass is 292 g/mol. The van der Waals surface area contributed by atoms with Crippen molar-refractivity contribution in [2.45, 2.75) is 0 Å². The molecule has 0 N–H and O–H groups in total. The van der Waals surface area contributed by atoms with Gasteiger partial charge in [0.1, 0.15) is 17.4 Å². The Morgan fingerprint density at radius 3 is 2.40 bits per heavy atom. The van der Waals surface area contributed by atoms with E-state index in [9.17, 15) is 8.78 Å². The lowest BCUT2D eigenvalue weighted by molar-refractivity contribution is 0.456. The number of ether oxygens (including phenoxy) is 1. The minimum Gasteiger partial charge on any atom is -0.438 e. The zero-order chi connectivity index (χ0) is 14.1. The molecule has 0 saturated carbocycles. The lowest BCUT2D eigenvalue weighted by Gasteiger charge is -2.08. The van der Waals surface area contributed by atoms with E-state index in [0.29, 0.717) is 10.9 Å². The molecule has 0 fully saturated rings. The van der Waals surface area contributed by atoms with Crippen molar-refractivity contribution in [3.8, 4) is 11.6 Å². The summed E-state index contributed by atoms with van der Waals surface area (Å²) in [5.41, 5.74) is 0.583. The van der Waals surface area contributed by atoms with Crippen LogP contribution in [-0.4, -0.2) is 9.97 Å². The number of fused-ring (bicyclic) bond motifs is 1. The second kappa shape index (κ2) is 5.02. The first kappa shape index (κ1) is 12.7. The maximum Gasteiger partial charge on any atom is 0.231 e. The molecule has 0 saturated heterocycles. The Morgan fingerprint density at radius 2 is 1.65 bits per heavy atom. The van der Waals surface area contributed by atoms with Crippen molar-refractivity contribution in [1.29, 1.82) is 0 Å². The van der Waals surface area contributed by atoms with Crippen LogP contribution in [-0.2, 0) is 0 Å². The Labute approximate surface area is 117 Å². The molecule has 0 aliphatic carbocycles. The van der Waals surface area contributed by atoms with Crippen LogP contribution in [0, 0.1) is 11.6 Å². The summed E-state index contributed by atoms with van der Waals surface area (Å²) in [6, 6.07) is 9.92. The van der Waals surface area contributed by atoms with Crippen molar-refractivity contribution in [1.82, 2.24) is 9.97 Å². The van der Waals surface area contributed by atoms with Crippen LogP contribution in [0.3, 0.4) is 0 Å². The molecule has 0 atom stereocenters. The van der Waals surface area contributed by atoms with Gasteiger partial charge >= 0.3 is 0 Å². The van der Waals surface area contributed by atoms with Gasteiger partial charge in [-0.2, -0.15) is 4.98 Å². The van der Waals surface area contributed by atoms with E-state index in [-0.39, 0.29) is 16.9 Å². The molecule has 3 aromatic rings. The standard InChI is InChI=1S/C14H7ClF2N2O/c15-14-18-12-4-2-1-3-11(12)13(19-14)20-10-6-8(16)5-9(17)7-10/h1-7H. The van der Waals surface area contributed by atoms with Crippen LogP contribution in [0.1, 0.15) is 0 Å². The fourth-order valence-electron chi connectivity index (χ4n) is 1.80. The molecule has 0 aliphatic rings. The third-order valence-electron chi connectivity index (χ3n) is 2.59. The average molecular weight is 293 g/mol. The molecule has 6 heteroatoms. The van der Waals surface area contributed by atoms with E-state index in [1.54, 1.807) is 24.3 Å². The van der Waals surface area contributed by atoms with Gasteiger partial charge in [-0.3, -0.25) is 0 Å². The molecule has 0 aliphatic heterocycles. The molecule has 0 radical (unpaired) electrons. The highest BCUT2D eigenvalue weighted by Crippen LogP contribution is 2.29. The van der Waals surface area contributed by atoms with E-state index in [0.717, 1.165) is 18.2 Å². The summed E-state index contributed by atoms with van der Waals surface area (Å²) in [6.07, 6.45) is 0. The second-order valence-electron chi connectivity index (χ2n) is 4.02. The zero-order valence-corrected chi connectivity index (χ0v) is 10.7. The summed E-state index contributed by atoms with van der Waals surface area (Å²) in [5, 5.41) is 0.595. The Bertz CT molecular complexity index is 775. The van der Waals surface area contributed by atoms with Gasteiger partial charge in [-0.05, 0) is 23.7 Å². The maximum atomic E-state index is 13.1. The number of aromatic nitrogens is 2. The smallest absolute Gasteiger partial charge is 0.231 e. The van der Waals surface area contributed by atoms with Gasteiger partial charge in [0.05, 0.1) is 10.9 Å². The lowest BCUT2D eigenvalue weighted by Crippen LogP contribution is -1.94. The van der Waals surface area contributed by atoms with Crippen molar-refractivity contribution in [2.24, 2.45) is 0 Å². The molecule has 1 aromatic heterocycles. The van der Waals surface area contributed by atoms with Crippen molar-refractivity contribution in [2.75, 3.05) is 0 Å². The Balaban J connectivity index is 2.10. The predicted octanol–water partition coefficient (Wildman–Crippen LogP) is 4.35. The number of para-hydroxylation sites is 1. The van der Waals surface area contributed by atoms with E-state index in [2.05, 4.69) is 9.97 Å². The first-order valence-electron chi connectivity index (χ1n) is 5.68. The van der Waals surface area contributed by atoms with Gasteiger partial charge in [-0.15, -0.1) is 0 Å². The molecule has 0 bridgehead atoms. The molecular formula is C14H7ClF2N2O. The van der Waals surface area contributed by atoms with Crippen LogP contribution in [0.15, 0.2) is 42.5 Å². The topological polar surface area (TPSA) is 35.0 Å². The number of halogens is 3. The molecule has 100 valence electrons. The molecule has 0 amide bonds. The number of hydrogen-bond acceptors (Lipinski definition) is 3. The second-order valence-corrected chi connectivity index (χ2v) is 4.36.